The second-order valence-corrected chi connectivity index (χ2v) is 7.29. The Morgan fingerprint density at radius 1 is 0.724 bits per heavy atom. The molecule has 1 aliphatic heterocycles. The van der Waals surface area contributed by atoms with E-state index >= 15 is 0 Å². The smallest absolute Gasteiger partial charge is 0.159 e. The molecule has 6 heteroatoms. The molecule has 1 fully saturated rings. The van der Waals surface area contributed by atoms with Crippen LogP contribution in [0, 0.1) is 6.92 Å². The number of aromatic nitrogens is 4. The maximum Gasteiger partial charge on any atom is 0.159 e. The highest BCUT2D eigenvalue weighted by Crippen LogP contribution is 2.34. The first-order valence-corrected chi connectivity index (χ1v) is 9.87. The van der Waals surface area contributed by atoms with Gasteiger partial charge in [-0.1, -0.05) is 18.2 Å². The highest BCUT2D eigenvalue weighted by molar-refractivity contribution is 6.02. The summed E-state index contributed by atoms with van der Waals surface area (Å²) in [6.45, 7) is 5.87. The highest BCUT2D eigenvalue weighted by atomic mass is 15.3. The number of anilines is 2. The third kappa shape index (κ3) is 3.27. The largest absolute Gasteiger partial charge is 0.368 e. The maximum absolute atomic E-state index is 4.69. The first-order valence-electron chi connectivity index (χ1n) is 9.87. The number of fused-ring (bicyclic) bond motifs is 1. The maximum atomic E-state index is 4.69. The van der Waals surface area contributed by atoms with E-state index in [1.807, 2.05) is 24.5 Å². The summed E-state index contributed by atoms with van der Waals surface area (Å²) in [5, 5.41) is 11.6. The van der Waals surface area contributed by atoms with Gasteiger partial charge in [0.2, 0.25) is 0 Å². The molecule has 29 heavy (non-hydrogen) atoms. The summed E-state index contributed by atoms with van der Waals surface area (Å²) in [4.78, 5) is 13.0. The zero-order valence-corrected chi connectivity index (χ0v) is 16.4. The van der Waals surface area contributed by atoms with Crippen LogP contribution in [0.3, 0.4) is 0 Å². The van der Waals surface area contributed by atoms with Gasteiger partial charge in [0.25, 0.3) is 0 Å². The number of nitrogens with zero attached hydrogens (tertiary/aromatic N) is 6. The molecule has 3 aromatic heterocycles. The summed E-state index contributed by atoms with van der Waals surface area (Å²) in [6.07, 6.45) is 7.29. The van der Waals surface area contributed by atoms with E-state index in [-0.39, 0.29) is 0 Å². The third-order valence-electron chi connectivity index (χ3n) is 5.56. The van der Waals surface area contributed by atoms with Gasteiger partial charge in [0.1, 0.15) is 5.69 Å². The van der Waals surface area contributed by atoms with Gasteiger partial charge in [-0.2, -0.15) is 0 Å². The van der Waals surface area contributed by atoms with E-state index in [4.69, 9.17) is 5.10 Å². The van der Waals surface area contributed by atoms with E-state index in [0.29, 0.717) is 0 Å². The molecule has 0 unspecified atom stereocenters. The molecule has 0 atom stereocenters. The molecule has 1 aromatic carbocycles. The van der Waals surface area contributed by atoms with Gasteiger partial charge in [0, 0.05) is 73.0 Å². The fourth-order valence-electron chi connectivity index (χ4n) is 4.04. The van der Waals surface area contributed by atoms with Crippen LogP contribution >= 0.6 is 0 Å². The van der Waals surface area contributed by atoms with Gasteiger partial charge in [-0.3, -0.25) is 9.97 Å². The van der Waals surface area contributed by atoms with E-state index in [9.17, 15) is 0 Å². The summed E-state index contributed by atoms with van der Waals surface area (Å²) in [5.74, 6) is 0.977. The first kappa shape index (κ1) is 17.6. The van der Waals surface area contributed by atoms with Crippen LogP contribution in [0.4, 0.5) is 11.5 Å². The Labute approximate surface area is 169 Å². The molecule has 0 radical (unpaired) electrons. The lowest BCUT2D eigenvalue weighted by Gasteiger charge is -2.37. The van der Waals surface area contributed by atoms with Gasteiger partial charge >= 0.3 is 0 Å². The van der Waals surface area contributed by atoms with E-state index in [1.54, 1.807) is 12.4 Å². The Morgan fingerprint density at radius 2 is 1.38 bits per heavy atom. The second kappa shape index (κ2) is 7.47. The van der Waals surface area contributed by atoms with Crippen molar-refractivity contribution in [2.45, 2.75) is 6.92 Å². The molecule has 144 valence electrons. The third-order valence-corrected chi connectivity index (χ3v) is 5.56. The van der Waals surface area contributed by atoms with E-state index in [0.717, 1.165) is 48.6 Å². The van der Waals surface area contributed by atoms with Crippen LogP contribution in [-0.4, -0.2) is 46.3 Å². The number of pyridine rings is 2. The number of aryl methyl sites for hydroxylation is 1. The zero-order valence-electron chi connectivity index (χ0n) is 16.4. The lowest BCUT2D eigenvalue weighted by molar-refractivity contribution is 0.646. The van der Waals surface area contributed by atoms with Crippen LogP contribution in [0.2, 0.25) is 0 Å². The van der Waals surface area contributed by atoms with Gasteiger partial charge in [0.15, 0.2) is 5.82 Å². The number of rotatable bonds is 3. The molecule has 0 saturated carbocycles. The number of hydrogen-bond acceptors (Lipinski definition) is 6. The van der Waals surface area contributed by atoms with Crippen molar-refractivity contribution in [1.29, 1.82) is 0 Å². The normalized spacial score (nSPS) is 14.4. The monoisotopic (exact) mass is 382 g/mol. The minimum Gasteiger partial charge on any atom is -0.368 e. The van der Waals surface area contributed by atoms with Gasteiger partial charge in [-0.25, -0.2) is 0 Å². The van der Waals surface area contributed by atoms with E-state index in [2.05, 4.69) is 62.1 Å². The van der Waals surface area contributed by atoms with Crippen molar-refractivity contribution in [3.05, 3.63) is 72.8 Å². The zero-order chi connectivity index (χ0) is 19.6. The molecule has 1 aliphatic rings. The number of hydrogen-bond donors (Lipinski definition) is 0. The first-order chi connectivity index (χ1) is 14.3. The summed E-state index contributed by atoms with van der Waals surface area (Å²) in [6, 6.07) is 14.5. The second-order valence-electron chi connectivity index (χ2n) is 7.29. The molecule has 0 N–H and O–H groups in total. The lowest BCUT2D eigenvalue weighted by atomic mass is 10.0. The number of benzene rings is 1. The molecular weight excluding hydrogens is 360 g/mol. The number of piperazine rings is 1. The standard InChI is InChI=1S/C23H22N6/c1-17-3-2-4-20-21(17)23(27-26-22(20)18-5-9-24-10-6-18)29-15-13-28(14-16-29)19-7-11-25-12-8-19/h2-12H,13-16H2,1H3. The van der Waals surface area contributed by atoms with Crippen molar-refractivity contribution < 1.29 is 0 Å². The average molecular weight is 382 g/mol. The SMILES string of the molecule is Cc1cccc2c(-c3ccncc3)nnc(N3CCN(c4ccncc4)CC3)c12. The lowest BCUT2D eigenvalue weighted by Crippen LogP contribution is -2.47. The van der Waals surface area contributed by atoms with Crippen LogP contribution in [0.15, 0.2) is 67.3 Å². The van der Waals surface area contributed by atoms with Crippen LogP contribution in [-0.2, 0) is 0 Å². The van der Waals surface area contributed by atoms with Gasteiger partial charge < -0.3 is 9.80 Å². The van der Waals surface area contributed by atoms with Crippen molar-refractivity contribution in [2.24, 2.45) is 0 Å². The summed E-state index contributed by atoms with van der Waals surface area (Å²) >= 11 is 0. The topological polar surface area (TPSA) is 58.0 Å². The quantitative estimate of drug-likeness (QED) is 0.538. The Bertz CT molecular complexity index is 1120. The molecular formula is C23H22N6. The van der Waals surface area contributed by atoms with Crippen LogP contribution in [0.25, 0.3) is 22.0 Å². The van der Waals surface area contributed by atoms with Crippen LogP contribution in [0.5, 0.6) is 0 Å². The fraction of sp³-hybridized carbons (Fsp3) is 0.217. The van der Waals surface area contributed by atoms with Gasteiger partial charge in [-0.15, -0.1) is 10.2 Å². The molecule has 1 saturated heterocycles. The van der Waals surface area contributed by atoms with Crippen molar-refractivity contribution >= 4 is 22.3 Å². The highest BCUT2D eigenvalue weighted by Gasteiger charge is 2.22. The van der Waals surface area contributed by atoms with Crippen molar-refractivity contribution in [3.63, 3.8) is 0 Å². The van der Waals surface area contributed by atoms with Crippen molar-refractivity contribution in [3.8, 4) is 11.3 Å². The molecule has 0 bridgehead atoms. The average Bonchev–Trinajstić information content (AvgIpc) is 2.80. The van der Waals surface area contributed by atoms with Gasteiger partial charge in [-0.05, 0) is 36.8 Å². The van der Waals surface area contributed by atoms with E-state index in [1.165, 1.54) is 16.6 Å². The Morgan fingerprint density at radius 3 is 2.10 bits per heavy atom. The van der Waals surface area contributed by atoms with Crippen LogP contribution in [0.1, 0.15) is 5.56 Å². The molecule has 0 amide bonds. The molecule has 0 aliphatic carbocycles. The van der Waals surface area contributed by atoms with Crippen molar-refractivity contribution in [2.75, 3.05) is 36.0 Å². The van der Waals surface area contributed by atoms with Gasteiger partial charge in [0.05, 0.1) is 0 Å². The Hall–Kier alpha value is -3.54. The van der Waals surface area contributed by atoms with Crippen LogP contribution < -0.4 is 9.80 Å². The predicted octanol–water partition coefficient (Wildman–Crippen LogP) is 3.72. The Balaban J connectivity index is 1.50. The minimum absolute atomic E-state index is 0.908. The fourth-order valence-corrected chi connectivity index (χ4v) is 4.04. The minimum atomic E-state index is 0.908. The summed E-state index contributed by atoms with van der Waals surface area (Å²) < 4.78 is 0. The Kier molecular flexibility index (Phi) is 4.52. The molecule has 5 rings (SSSR count). The predicted molar refractivity (Wildman–Crippen MR) is 116 cm³/mol. The summed E-state index contributed by atoms with van der Waals surface area (Å²) in [5.41, 5.74) is 4.39. The van der Waals surface area contributed by atoms with Crippen molar-refractivity contribution in [1.82, 2.24) is 20.2 Å². The van der Waals surface area contributed by atoms with E-state index < -0.39 is 0 Å². The molecule has 4 aromatic rings. The summed E-state index contributed by atoms with van der Waals surface area (Å²) in [7, 11) is 0. The molecule has 0 spiro atoms. The molecule has 6 nitrogen and oxygen atoms in total. The molecule has 4 heterocycles.